The van der Waals surface area contributed by atoms with E-state index in [-0.39, 0.29) is 12.3 Å². The molecule has 1 atom stereocenters. The van der Waals surface area contributed by atoms with Crippen LogP contribution in [0.5, 0.6) is 5.75 Å². The number of carboxylic acids is 1. The summed E-state index contributed by atoms with van der Waals surface area (Å²) >= 11 is 1.99. The van der Waals surface area contributed by atoms with Crippen LogP contribution in [0.15, 0.2) is 24.3 Å². The van der Waals surface area contributed by atoms with Crippen molar-refractivity contribution in [1.29, 1.82) is 0 Å². The minimum absolute atomic E-state index is 0.146. The van der Waals surface area contributed by atoms with Crippen LogP contribution in [0.2, 0.25) is 0 Å². The maximum absolute atomic E-state index is 11.1. The molecule has 0 aromatic heterocycles. The molecule has 21 heavy (non-hydrogen) atoms. The number of carboxylic acid groups (broad SMARTS) is 1. The average Bonchev–Trinajstić information content (AvgIpc) is 3.30. The van der Waals surface area contributed by atoms with Crippen LogP contribution in [0.4, 0.5) is 0 Å². The first-order chi connectivity index (χ1) is 10.2. The Labute approximate surface area is 130 Å². The highest BCUT2D eigenvalue weighted by molar-refractivity contribution is 7.99. The van der Waals surface area contributed by atoms with Crippen molar-refractivity contribution in [2.24, 2.45) is 5.92 Å². The van der Waals surface area contributed by atoms with E-state index >= 15 is 0 Å². The van der Waals surface area contributed by atoms with Gasteiger partial charge in [-0.2, -0.15) is 11.8 Å². The summed E-state index contributed by atoms with van der Waals surface area (Å²) in [6, 6.07) is 8.11. The predicted molar refractivity (Wildman–Crippen MR) is 85.1 cm³/mol. The molecule has 1 heterocycles. The maximum atomic E-state index is 11.1. The molecule has 1 aromatic carbocycles. The summed E-state index contributed by atoms with van der Waals surface area (Å²) in [7, 11) is 0. The summed E-state index contributed by atoms with van der Waals surface area (Å²) in [6.07, 6.45) is 5.08. The van der Waals surface area contributed by atoms with Gasteiger partial charge in [-0.1, -0.05) is 12.1 Å². The molecule has 1 N–H and O–H groups in total. The van der Waals surface area contributed by atoms with E-state index < -0.39 is 5.97 Å². The number of aliphatic carboxylic acids is 1. The van der Waals surface area contributed by atoms with E-state index in [1.807, 2.05) is 23.9 Å². The van der Waals surface area contributed by atoms with Gasteiger partial charge in [-0.3, -0.25) is 4.79 Å². The van der Waals surface area contributed by atoms with E-state index in [4.69, 9.17) is 9.84 Å². The number of rotatable bonds is 6. The Kier molecular flexibility index (Phi) is 4.73. The number of hydrogen-bond donors (Lipinski definition) is 1. The number of thioether (sulfide) groups is 1. The molecular weight excluding hydrogens is 284 g/mol. The summed E-state index contributed by atoms with van der Waals surface area (Å²) in [5.74, 6) is 3.24. The lowest BCUT2D eigenvalue weighted by Crippen LogP contribution is -2.22. The van der Waals surface area contributed by atoms with Gasteiger partial charge in [-0.05, 0) is 66.7 Å². The summed E-state index contributed by atoms with van der Waals surface area (Å²) < 4.78 is 6.09. The zero-order valence-corrected chi connectivity index (χ0v) is 13.0. The highest BCUT2D eigenvalue weighted by atomic mass is 32.2. The standard InChI is InChI=1S/C17H22O3S/c18-17(19)11-16(12-4-5-12)13-2-1-3-15(10-13)20-14-6-8-21-9-7-14/h1-3,10,12,14,16H,4-9,11H2,(H,18,19). The number of ether oxygens (including phenoxy) is 1. The van der Waals surface area contributed by atoms with Crippen molar-refractivity contribution in [3.8, 4) is 5.75 Å². The second kappa shape index (κ2) is 6.73. The molecule has 1 saturated heterocycles. The molecule has 2 aliphatic rings. The highest BCUT2D eigenvalue weighted by Crippen LogP contribution is 2.45. The molecule has 0 bridgehead atoms. The molecule has 0 spiro atoms. The maximum Gasteiger partial charge on any atom is 0.303 e. The number of hydrogen-bond acceptors (Lipinski definition) is 3. The Hall–Kier alpha value is -1.16. The largest absolute Gasteiger partial charge is 0.490 e. The molecule has 1 saturated carbocycles. The van der Waals surface area contributed by atoms with E-state index in [0.29, 0.717) is 12.0 Å². The van der Waals surface area contributed by atoms with Gasteiger partial charge in [0, 0.05) is 0 Å². The topological polar surface area (TPSA) is 46.5 Å². The van der Waals surface area contributed by atoms with E-state index in [1.165, 1.54) is 11.5 Å². The molecule has 1 aliphatic heterocycles. The fourth-order valence-electron chi connectivity index (χ4n) is 3.05. The molecule has 3 nitrogen and oxygen atoms in total. The van der Waals surface area contributed by atoms with Gasteiger partial charge in [0.15, 0.2) is 0 Å². The lowest BCUT2D eigenvalue weighted by Gasteiger charge is -2.23. The summed E-state index contributed by atoms with van der Waals surface area (Å²) in [6.45, 7) is 0. The quantitative estimate of drug-likeness (QED) is 0.865. The van der Waals surface area contributed by atoms with E-state index in [2.05, 4.69) is 12.1 Å². The van der Waals surface area contributed by atoms with Crippen molar-refractivity contribution < 1.29 is 14.6 Å². The monoisotopic (exact) mass is 306 g/mol. The highest BCUT2D eigenvalue weighted by Gasteiger charge is 2.33. The first kappa shape index (κ1) is 14.8. The third-order valence-corrected chi connectivity index (χ3v) is 5.39. The van der Waals surface area contributed by atoms with Crippen LogP contribution in [-0.4, -0.2) is 28.7 Å². The van der Waals surface area contributed by atoms with E-state index in [0.717, 1.165) is 37.0 Å². The van der Waals surface area contributed by atoms with Crippen LogP contribution < -0.4 is 4.74 Å². The SMILES string of the molecule is O=C(O)CC(c1cccc(OC2CCSCC2)c1)C1CC1. The summed E-state index contributed by atoms with van der Waals surface area (Å²) in [4.78, 5) is 11.1. The van der Waals surface area contributed by atoms with Gasteiger partial charge in [0.2, 0.25) is 0 Å². The normalized spacial score (nSPS) is 21.0. The van der Waals surface area contributed by atoms with Gasteiger partial charge in [-0.25, -0.2) is 0 Å². The van der Waals surface area contributed by atoms with Gasteiger partial charge in [0.1, 0.15) is 11.9 Å². The third kappa shape index (κ3) is 4.16. The van der Waals surface area contributed by atoms with Crippen LogP contribution >= 0.6 is 11.8 Å². The Morgan fingerprint density at radius 1 is 1.29 bits per heavy atom. The van der Waals surface area contributed by atoms with Gasteiger partial charge in [-0.15, -0.1) is 0 Å². The molecule has 3 rings (SSSR count). The Morgan fingerprint density at radius 2 is 2.05 bits per heavy atom. The van der Waals surface area contributed by atoms with Crippen LogP contribution in [0.25, 0.3) is 0 Å². The van der Waals surface area contributed by atoms with Gasteiger partial charge in [0.25, 0.3) is 0 Å². The average molecular weight is 306 g/mol. The van der Waals surface area contributed by atoms with Crippen molar-refractivity contribution in [2.45, 2.75) is 44.1 Å². The molecule has 1 unspecified atom stereocenters. The van der Waals surface area contributed by atoms with Crippen molar-refractivity contribution in [3.63, 3.8) is 0 Å². The van der Waals surface area contributed by atoms with Crippen molar-refractivity contribution >= 4 is 17.7 Å². The molecular formula is C17H22O3S. The zero-order valence-electron chi connectivity index (χ0n) is 12.2. The van der Waals surface area contributed by atoms with Gasteiger partial charge >= 0.3 is 5.97 Å². The fourth-order valence-corrected chi connectivity index (χ4v) is 4.11. The van der Waals surface area contributed by atoms with Crippen LogP contribution in [-0.2, 0) is 4.79 Å². The van der Waals surface area contributed by atoms with Crippen LogP contribution in [0.3, 0.4) is 0 Å². The molecule has 0 radical (unpaired) electrons. The molecule has 1 aromatic rings. The van der Waals surface area contributed by atoms with Gasteiger partial charge < -0.3 is 9.84 Å². The van der Waals surface area contributed by atoms with Crippen molar-refractivity contribution in [1.82, 2.24) is 0 Å². The molecule has 2 fully saturated rings. The smallest absolute Gasteiger partial charge is 0.303 e. The second-order valence-corrected chi connectivity index (χ2v) is 7.27. The van der Waals surface area contributed by atoms with E-state index in [1.54, 1.807) is 0 Å². The van der Waals surface area contributed by atoms with Crippen LogP contribution in [0.1, 0.15) is 43.6 Å². The van der Waals surface area contributed by atoms with Crippen LogP contribution in [0, 0.1) is 5.92 Å². The minimum Gasteiger partial charge on any atom is -0.490 e. The summed E-state index contributed by atoms with van der Waals surface area (Å²) in [5, 5.41) is 9.12. The molecule has 0 amide bonds. The first-order valence-corrected chi connectivity index (χ1v) is 8.94. The zero-order chi connectivity index (χ0) is 14.7. The van der Waals surface area contributed by atoms with Crippen molar-refractivity contribution in [2.75, 3.05) is 11.5 Å². The van der Waals surface area contributed by atoms with Crippen molar-refractivity contribution in [3.05, 3.63) is 29.8 Å². The minimum atomic E-state index is -0.706. The first-order valence-electron chi connectivity index (χ1n) is 7.78. The number of carbonyl (C=O) groups is 1. The third-order valence-electron chi connectivity index (χ3n) is 4.34. The summed E-state index contributed by atoms with van der Waals surface area (Å²) in [5.41, 5.74) is 1.13. The Morgan fingerprint density at radius 3 is 2.71 bits per heavy atom. The molecule has 1 aliphatic carbocycles. The Balaban J connectivity index is 1.70. The molecule has 114 valence electrons. The fraction of sp³-hybridized carbons (Fsp3) is 0.588. The second-order valence-electron chi connectivity index (χ2n) is 6.04. The number of benzene rings is 1. The Bertz CT molecular complexity index is 493. The van der Waals surface area contributed by atoms with E-state index in [9.17, 15) is 4.79 Å². The lowest BCUT2D eigenvalue weighted by molar-refractivity contribution is -0.137. The van der Waals surface area contributed by atoms with Gasteiger partial charge in [0.05, 0.1) is 6.42 Å². The molecule has 4 heteroatoms. The lowest BCUT2D eigenvalue weighted by atomic mass is 9.91. The predicted octanol–water partition coefficient (Wildman–Crippen LogP) is 3.93.